The minimum absolute atomic E-state index is 0.127. The molecule has 90 valence electrons. The van der Waals surface area contributed by atoms with Gasteiger partial charge in [-0.25, -0.2) is 15.0 Å². The summed E-state index contributed by atoms with van der Waals surface area (Å²) < 4.78 is 0. The van der Waals surface area contributed by atoms with Gasteiger partial charge in [-0.15, -0.1) is 0 Å². The molecule has 2 aromatic heterocycles. The molecule has 1 N–H and O–H groups in total. The van der Waals surface area contributed by atoms with Crippen LogP contribution in [0.2, 0.25) is 15.3 Å². The fourth-order valence-electron chi connectivity index (χ4n) is 1.73. The van der Waals surface area contributed by atoms with Crippen LogP contribution >= 0.6 is 34.8 Å². The highest BCUT2D eigenvalue weighted by Gasteiger charge is 2.13. The topological polar surface area (TPSA) is 54.5 Å². The van der Waals surface area contributed by atoms with Crippen molar-refractivity contribution >= 4 is 45.8 Å². The molecule has 0 atom stereocenters. The monoisotopic (exact) mass is 298 g/mol. The zero-order valence-electron chi connectivity index (χ0n) is 8.78. The van der Waals surface area contributed by atoms with E-state index in [0.29, 0.717) is 15.7 Å². The third-order valence-corrected chi connectivity index (χ3v) is 3.14. The van der Waals surface area contributed by atoms with Crippen molar-refractivity contribution in [3.8, 4) is 11.3 Å². The quantitative estimate of drug-likeness (QED) is 0.691. The molecule has 3 aromatic rings. The molecule has 18 heavy (non-hydrogen) atoms. The van der Waals surface area contributed by atoms with Crippen molar-refractivity contribution in [3.05, 3.63) is 40.0 Å². The zero-order chi connectivity index (χ0) is 12.7. The molecular weight excluding hydrogens is 295 g/mol. The second-order valence-electron chi connectivity index (χ2n) is 3.59. The molecule has 0 aliphatic carbocycles. The average molecular weight is 300 g/mol. The SMILES string of the molecule is Clc1cc(-c2nc(Cl)ncc2Cl)c2[nH]cnc2c1. The Hall–Kier alpha value is -1.36. The number of H-pyrrole nitrogens is 1. The molecule has 3 rings (SSSR count). The third-order valence-electron chi connectivity index (χ3n) is 2.46. The molecular formula is C11H5Cl3N4. The van der Waals surface area contributed by atoms with E-state index < -0.39 is 0 Å². The molecule has 0 aliphatic rings. The van der Waals surface area contributed by atoms with E-state index in [1.165, 1.54) is 6.20 Å². The highest BCUT2D eigenvalue weighted by molar-refractivity contribution is 6.35. The van der Waals surface area contributed by atoms with E-state index >= 15 is 0 Å². The van der Waals surface area contributed by atoms with Crippen molar-refractivity contribution in [1.82, 2.24) is 19.9 Å². The summed E-state index contributed by atoms with van der Waals surface area (Å²) in [6, 6.07) is 3.51. The summed E-state index contributed by atoms with van der Waals surface area (Å²) >= 11 is 17.9. The van der Waals surface area contributed by atoms with Crippen molar-refractivity contribution in [2.75, 3.05) is 0 Å². The lowest BCUT2D eigenvalue weighted by Gasteiger charge is -2.05. The minimum atomic E-state index is 0.127. The summed E-state index contributed by atoms with van der Waals surface area (Å²) in [6.45, 7) is 0. The van der Waals surface area contributed by atoms with Crippen LogP contribution < -0.4 is 0 Å². The van der Waals surface area contributed by atoms with Gasteiger partial charge in [-0.3, -0.25) is 0 Å². The number of hydrogen-bond acceptors (Lipinski definition) is 3. The number of nitrogens with zero attached hydrogens (tertiary/aromatic N) is 3. The molecule has 1 aromatic carbocycles. The molecule has 0 unspecified atom stereocenters. The number of fused-ring (bicyclic) bond motifs is 1. The number of nitrogens with one attached hydrogen (secondary N) is 1. The molecule has 7 heteroatoms. The van der Waals surface area contributed by atoms with Gasteiger partial charge in [0.1, 0.15) is 0 Å². The summed E-state index contributed by atoms with van der Waals surface area (Å²) in [7, 11) is 0. The van der Waals surface area contributed by atoms with Crippen LogP contribution in [-0.2, 0) is 0 Å². The number of rotatable bonds is 1. The van der Waals surface area contributed by atoms with Crippen LogP contribution in [0.25, 0.3) is 22.3 Å². The first-order valence-electron chi connectivity index (χ1n) is 4.96. The Bertz CT molecular complexity index is 738. The van der Waals surface area contributed by atoms with Crippen LogP contribution in [0.4, 0.5) is 0 Å². The predicted molar refractivity (Wildman–Crippen MR) is 72.1 cm³/mol. The molecule has 0 amide bonds. The lowest BCUT2D eigenvalue weighted by Crippen LogP contribution is -1.90. The first kappa shape index (κ1) is 11.7. The fraction of sp³-hybridized carbons (Fsp3) is 0. The summed E-state index contributed by atoms with van der Waals surface area (Å²) in [5, 5.41) is 1.08. The summed E-state index contributed by atoms with van der Waals surface area (Å²) in [5.74, 6) is 0. The minimum Gasteiger partial charge on any atom is -0.344 e. The number of aromatic amines is 1. The van der Waals surface area contributed by atoms with E-state index in [-0.39, 0.29) is 5.28 Å². The Morgan fingerprint density at radius 2 is 1.89 bits per heavy atom. The Morgan fingerprint density at radius 1 is 1.06 bits per heavy atom. The molecule has 0 radical (unpaired) electrons. The normalized spacial score (nSPS) is 11.1. The van der Waals surface area contributed by atoms with Crippen molar-refractivity contribution < 1.29 is 0 Å². The van der Waals surface area contributed by atoms with Gasteiger partial charge in [-0.05, 0) is 23.7 Å². The second kappa shape index (κ2) is 4.39. The third kappa shape index (κ3) is 1.92. The van der Waals surface area contributed by atoms with Gasteiger partial charge in [0.05, 0.1) is 34.3 Å². The van der Waals surface area contributed by atoms with Gasteiger partial charge < -0.3 is 4.98 Å². The van der Waals surface area contributed by atoms with E-state index in [4.69, 9.17) is 34.8 Å². The first-order chi connectivity index (χ1) is 8.65. The van der Waals surface area contributed by atoms with Crippen LogP contribution in [0.5, 0.6) is 0 Å². The predicted octanol–water partition coefficient (Wildman–Crippen LogP) is 3.98. The number of aromatic nitrogens is 4. The molecule has 0 bridgehead atoms. The van der Waals surface area contributed by atoms with Gasteiger partial charge in [0.25, 0.3) is 0 Å². The average Bonchev–Trinajstić information content (AvgIpc) is 2.79. The van der Waals surface area contributed by atoms with E-state index in [0.717, 1.165) is 16.6 Å². The summed E-state index contributed by atoms with van der Waals surface area (Å²) in [5.41, 5.74) is 2.80. The lowest BCUT2D eigenvalue weighted by molar-refractivity contribution is 1.17. The van der Waals surface area contributed by atoms with Gasteiger partial charge in [-0.2, -0.15) is 0 Å². The van der Waals surface area contributed by atoms with Gasteiger partial charge in [-0.1, -0.05) is 23.2 Å². The zero-order valence-corrected chi connectivity index (χ0v) is 11.1. The molecule has 0 aliphatic heterocycles. The smallest absolute Gasteiger partial charge is 0.222 e. The van der Waals surface area contributed by atoms with Crippen molar-refractivity contribution in [2.24, 2.45) is 0 Å². The van der Waals surface area contributed by atoms with Crippen LogP contribution in [0.15, 0.2) is 24.7 Å². The second-order valence-corrected chi connectivity index (χ2v) is 4.77. The van der Waals surface area contributed by atoms with Gasteiger partial charge in [0, 0.05) is 10.6 Å². The Labute approximate surface area is 117 Å². The standard InChI is InChI=1S/C11H5Cl3N4/c12-5-1-6(10-8(2-5)16-4-17-10)9-7(13)3-15-11(14)18-9/h1-4H,(H,16,17). The molecule has 0 fully saturated rings. The van der Waals surface area contributed by atoms with Crippen LogP contribution in [0.1, 0.15) is 0 Å². The lowest BCUT2D eigenvalue weighted by atomic mass is 10.1. The number of halogens is 3. The van der Waals surface area contributed by atoms with Gasteiger partial charge >= 0.3 is 0 Å². The molecule has 0 saturated heterocycles. The van der Waals surface area contributed by atoms with Crippen molar-refractivity contribution in [2.45, 2.75) is 0 Å². The largest absolute Gasteiger partial charge is 0.344 e. The highest BCUT2D eigenvalue weighted by Crippen LogP contribution is 2.33. The molecule has 4 nitrogen and oxygen atoms in total. The molecule has 0 saturated carbocycles. The first-order valence-corrected chi connectivity index (χ1v) is 6.09. The van der Waals surface area contributed by atoms with Crippen LogP contribution in [-0.4, -0.2) is 19.9 Å². The van der Waals surface area contributed by atoms with E-state index in [1.807, 2.05) is 0 Å². The maximum absolute atomic E-state index is 6.09. The van der Waals surface area contributed by atoms with Crippen molar-refractivity contribution in [3.63, 3.8) is 0 Å². The van der Waals surface area contributed by atoms with Gasteiger partial charge in [0.2, 0.25) is 5.28 Å². The Kier molecular flexibility index (Phi) is 2.86. The fourth-order valence-corrected chi connectivity index (χ4v) is 2.27. The Morgan fingerprint density at radius 3 is 2.72 bits per heavy atom. The summed E-state index contributed by atoms with van der Waals surface area (Å²) in [4.78, 5) is 15.1. The maximum atomic E-state index is 6.09. The van der Waals surface area contributed by atoms with Gasteiger partial charge in [0.15, 0.2) is 0 Å². The van der Waals surface area contributed by atoms with Crippen LogP contribution in [0, 0.1) is 0 Å². The number of benzene rings is 1. The summed E-state index contributed by atoms with van der Waals surface area (Å²) in [6.07, 6.45) is 3.04. The van der Waals surface area contributed by atoms with E-state index in [2.05, 4.69) is 19.9 Å². The molecule has 0 spiro atoms. The maximum Gasteiger partial charge on any atom is 0.222 e. The molecule has 2 heterocycles. The van der Waals surface area contributed by atoms with E-state index in [9.17, 15) is 0 Å². The van der Waals surface area contributed by atoms with Crippen molar-refractivity contribution in [1.29, 1.82) is 0 Å². The Balaban J connectivity index is 2.37. The highest BCUT2D eigenvalue weighted by atomic mass is 35.5. The van der Waals surface area contributed by atoms with Crippen LogP contribution in [0.3, 0.4) is 0 Å². The number of hydrogen-bond donors (Lipinski definition) is 1. The van der Waals surface area contributed by atoms with E-state index in [1.54, 1.807) is 18.5 Å². The number of imidazole rings is 1.